The van der Waals surface area contributed by atoms with Crippen molar-refractivity contribution in [1.29, 1.82) is 0 Å². The molecule has 0 amide bonds. The zero-order chi connectivity index (χ0) is 23.1. The highest BCUT2D eigenvalue weighted by Crippen LogP contribution is 2.31. The molecule has 1 N–H and O–H groups in total. The van der Waals surface area contributed by atoms with Gasteiger partial charge in [0.25, 0.3) is 10.0 Å². The second-order valence-corrected chi connectivity index (χ2v) is 12.1. The average Bonchev–Trinajstić information content (AvgIpc) is 2.66. The molecule has 1 heterocycles. The molecule has 0 aliphatic carbocycles. The Balaban J connectivity index is 1.91. The Bertz CT molecular complexity index is 1150. The molecule has 2 aromatic carbocycles. The van der Waals surface area contributed by atoms with Gasteiger partial charge in [0, 0.05) is 17.8 Å². The van der Waals surface area contributed by atoms with Crippen LogP contribution in [-0.4, -0.2) is 33.2 Å². The van der Waals surface area contributed by atoms with Gasteiger partial charge in [-0.15, -0.1) is 0 Å². The Labute approximate surface area is 186 Å². The van der Waals surface area contributed by atoms with Crippen molar-refractivity contribution < 1.29 is 16.8 Å². The van der Waals surface area contributed by atoms with Crippen molar-refractivity contribution >= 4 is 25.7 Å². The van der Waals surface area contributed by atoms with Gasteiger partial charge in [-0.05, 0) is 101 Å². The number of anilines is 1. The SMILES string of the molecule is Cc1cc(C)c(C)c(S(=O)(=O)Nc2ccc(S(=O)(=O)N3C(C)CCCC3C)cc2)c1C. The standard InChI is InChI=1S/C23H32N2O4S2/c1-15-14-16(2)20(6)23(19(15)5)30(26,27)24-21-10-12-22(13-11-21)31(28,29)25-17(3)8-7-9-18(25)4/h10-14,17-18,24H,7-9H2,1-6H3. The van der Waals surface area contributed by atoms with E-state index in [1.165, 1.54) is 24.3 Å². The molecule has 1 aliphatic heterocycles. The van der Waals surface area contributed by atoms with Crippen LogP contribution in [-0.2, 0) is 20.0 Å². The lowest BCUT2D eigenvalue weighted by Crippen LogP contribution is -2.47. The highest BCUT2D eigenvalue weighted by Gasteiger charge is 2.35. The third kappa shape index (κ3) is 4.52. The van der Waals surface area contributed by atoms with Crippen LogP contribution in [0.5, 0.6) is 0 Å². The summed E-state index contributed by atoms with van der Waals surface area (Å²) in [5, 5.41) is 0. The van der Waals surface area contributed by atoms with Gasteiger partial charge in [-0.3, -0.25) is 4.72 Å². The topological polar surface area (TPSA) is 83.5 Å². The molecule has 2 atom stereocenters. The summed E-state index contributed by atoms with van der Waals surface area (Å²) in [7, 11) is -7.46. The van der Waals surface area contributed by atoms with E-state index in [1.54, 1.807) is 18.2 Å². The van der Waals surface area contributed by atoms with E-state index in [0.717, 1.165) is 30.4 Å². The van der Waals surface area contributed by atoms with Crippen molar-refractivity contribution in [3.63, 3.8) is 0 Å². The summed E-state index contributed by atoms with van der Waals surface area (Å²) in [5.41, 5.74) is 3.58. The molecule has 3 rings (SSSR count). The van der Waals surface area contributed by atoms with Crippen molar-refractivity contribution in [1.82, 2.24) is 4.31 Å². The molecule has 2 aromatic rings. The smallest absolute Gasteiger partial charge is 0.262 e. The lowest BCUT2D eigenvalue weighted by atomic mass is 10.0. The maximum Gasteiger partial charge on any atom is 0.262 e. The minimum atomic E-state index is -3.82. The lowest BCUT2D eigenvalue weighted by Gasteiger charge is -2.37. The van der Waals surface area contributed by atoms with Crippen LogP contribution in [0.3, 0.4) is 0 Å². The highest BCUT2D eigenvalue weighted by molar-refractivity contribution is 7.92. The van der Waals surface area contributed by atoms with Crippen LogP contribution in [0.1, 0.15) is 55.4 Å². The fourth-order valence-corrected chi connectivity index (χ4v) is 8.04. The van der Waals surface area contributed by atoms with Crippen LogP contribution in [0.25, 0.3) is 0 Å². The van der Waals surface area contributed by atoms with Crippen molar-refractivity contribution in [3.05, 3.63) is 52.6 Å². The van der Waals surface area contributed by atoms with Crippen LogP contribution in [0.2, 0.25) is 0 Å². The molecular formula is C23H32N2O4S2. The maximum atomic E-state index is 13.2. The van der Waals surface area contributed by atoms with Gasteiger partial charge in [-0.25, -0.2) is 16.8 Å². The van der Waals surface area contributed by atoms with Gasteiger partial charge < -0.3 is 0 Å². The summed E-state index contributed by atoms with van der Waals surface area (Å²) in [6, 6.07) is 7.84. The number of piperidine rings is 1. The summed E-state index contributed by atoms with van der Waals surface area (Å²) in [6.07, 6.45) is 2.71. The molecule has 170 valence electrons. The Morgan fingerprint density at radius 2 is 1.32 bits per heavy atom. The summed E-state index contributed by atoms with van der Waals surface area (Å²) in [6.45, 7) is 11.3. The van der Waals surface area contributed by atoms with Gasteiger partial charge in [0.1, 0.15) is 0 Å². The summed E-state index contributed by atoms with van der Waals surface area (Å²) >= 11 is 0. The first-order valence-corrected chi connectivity index (χ1v) is 13.5. The largest absolute Gasteiger partial charge is 0.280 e. The first-order chi connectivity index (χ1) is 14.4. The number of benzene rings is 2. The van der Waals surface area contributed by atoms with Gasteiger partial charge in [0.2, 0.25) is 10.0 Å². The molecule has 31 heavy (non-hydrogen) atoms. The van der Waals surface area contributed by atoms with Gasteiger partial charge in [-0.1, -0.05) is 12.5 Å². The molecule has 0 saturated carbocycles. The molecule has 8 heteroatoms. The molecule has 0 bridgehead atoms. The van der Waals surface area contributed by atoms with E-state index in [1.807, 2.05) is 33.8 Å². The number of nitrogens with zero attached hydrogens (tertiary/aromatic N) is 1. The molecule has 0 aromatic heterocycles. The number of hydrogen-bond donors (Lipinski definition) is 1. The van der Waals surface area contributed by atoms with Crippen LogP contribution < -0.4 is 4.72 Å². The van der Waals surface area contributed by atoms with Crippen molar-refractivity contribution in [2.75, 3.05) is 4.72 Å². The van der Waals surface area contributed by atoms with E-state index >= 15 is 0 Å². The Morgan fingerprint density at radius 3 is 1.81 bits per heavy atom. The number of rotatable bonds is 5. The van der Waals surface area contributed by atoms with Crippen molar-refractivity contribution in [2.24, 2.45) is 0 Å². The molecule has 1 fully saturated rings. The van der Waals surface area contributed by atoms with Crippen LogP contribution in [0, 0.1) is 27.7 Å². The minimum Gasteiger partial charge on any atom is -0.280 e. The fourth-order valence-electron chi connectivity index (χ4n) is 4.48. The predicted molar refractivity (Wildman–Crippen MR) is 124 cm³/mol. The third-order valence-corrected chi connectivity index (χ3v) is 10.2. The number of hydrogen-bond acceptors (Lipinski definition) is 4. The van der Waals surface area contributed by atoms with Gasteiger partial charge >= 0.3 is 0 Å². The van der Waals surface area contributed by atoms with Crippen molar-refractivity contribution in [3.8, 4) is 0 Å². The molecule has 6 nitrogen and oxygen atoms in total. The first kappa shape index (κ1) is 23.8. The second-order valence-electron chi connectivity index (χ2n) is 8.68. The van der Waals surface area contributed by atoms with Crippen molar-refractivity contribution in [2.45, 2.75) is 82.7 Å². The molecule has 1 saturated heterocycles. The zero-order valence-corrected chi connectivity index (χ0v) is 20.7. The van der Waals surface area contributed by atoms with Gasteiger partial charge in [-0.2, -0.15) is 4.31 Å². The Kier molecular flexibility index (Phi) is 6.56. The van der Waals surface area contributed by atoms with Crippen LogP contribution in [0.15, 0.2) is 40.1 Å². The number of sulfonamides is 2. The molecule has 0 radical (unpaired) electrons. The monoisotopic (exact) mass is 464 g/mol. The average molecular weight is 465 g/mol. The normalized spacial score (nSPS) is 20.6. The number of nitrogens with one attached hydrogen (secondary N) is 1. The van der Waals surface area contributed by atoms with Crippen LogP contribution in [0.4, 0.5) is 5.69 Å². The summed E-state index contributed by atoms with van der Waals surface area (Å²) < 4.78 is 56.8. The Hall–Kier alpha value is -1.90. The van der Waals surface area contributed by atoms with E-state index in [-0.39, 0.29) is 21.9 Å². The number of aryl methyl sites for hydroxylation is 2. The van der Waals surface area contributed by atoms with Gasteiger partial charge in [0.15, 0.2) is 0 Å². The quantitative estimate of drug-likeness (QED) is 0.697. The van der Waals surface area contributed by atoms with E-state index in [4.69, 9.17) is 0 Å². The summed E-state index contributed by atoms with van der Waals surface area (Å²) in [5.74, 6) is 0. The first-order valence-electron chi connectivity index (χ1n) is 10.6. The molecule has 1 aliphatic rings. The summed E-state index contributed by atoms with van der Waals surface area (Å²) in [4.78, 5) is 0.451. The highest BCUT2D eigenvalue weighted by atomic mass is 32.2. The van der Waals surface area contributed by atoms with E-state index in [2.05, 4.69) is 4.72 Å². The molecular weight excluding hydrogens is 432 g/mol. The molecule has 2 unspecified atom stereocenters. The van der Waals surface area contributed by atoms with E-state index in [0.29, 0.717) is 16.8 Å². The van der Waals surface area contributed by atoms with Gasteiger partial charge in [0.05, 0.1) is 9.79 Å². The zero-order valence-electron chi connectivity index (χ0n) is 19.1. The van der Waals surface area contributed by atoms with E-state index in [9.17, 15) is 16.8 Å². The lowest BCUT2D eigenvalue weighted by molar-refractivity contribution is 0.204. The van der Waals surface area contributed by atoms with E-state index < -0.39 is 20.0 Å². The Morgan fingerprint density at radius 1 is 0.839 bits per heavy atom. The molecule has 0 spiro atoms. The maximum absolute atomic E-state index is 13.2. The van der Waals surface area contributed by atoms with Crippen LogP contribution >= 0.6 is 0 Å². The third-order valence-electron chi connectivity index (χ3n) is 6.36. The predicted octanol–water partition coefficient (Wildman–Crippen LogP) is 4.67. The minimum absolute atomic E-state index is 0.0533. The fraction of sp³-hybridized carbons (Fsp3) is 0.478. The second kappa shape index (κ2) is 8.56.